The van der Waals surface area contributed by atoms with Gasteiger partial charge in [0.25, 0.3) is 0 Å². The van der Waals surface area contributed by atoms with Gasteiger partial charge in [0.1, 0.15) is 5.82 Å². The van der Waals surface area contributed by atoms with Gasteiger partial charge in [-0.15, -0.1) is 0 Å². The molecule has 2 aromatic rings. The molecule has 1 N–H and O–H groups in total. The number of nitrogens with zero attached hydrogens (tertiary/aromatic N) is 2. The van der Waals surface area contributed by atoms with Crippen molar-refractivity contribution < 1.29 is 4.39 Å². The second-order valence-corrected chi connectivity index (χ2v) is 5.49. The monoisotopic (exact) mass is 339 g/mol. The predicted octanol–water partition coefficient (Wildman–Crippen LogP) is 4.29. The van der Waals surface area contributed by atoms with Crippen LogP contribution < -0.4 is 5.32 Å². The summed E-state index contributed by atoms with van der Waals surface area (Å²) in [7, 11) is 0. The third-order valence-electron chi connectivity index (χ3n) is 3.31. The standard InChI is InChI=1S/C15H19BrFN3/c1-4-13-15(16)14(20(5-2)19-13)9-18-11-6-7-12(17)10(3)8-11/h6-8,18H,4-5,9H2,1-3H3. The van der Waals surface area contributed by atoms with E-state index in [4.69, 9.17) is 0 Å². The molecule has 0 spiro atoms. The highest BCUT2D eigenvalue weighted by molar-refractivity contribution is 9.10. The minimum absolute atomic E-state index is 0.177. The van der Waals surface area contributed by atoms with Gasteiger partial charge in [-0.25, -0.2) is 4.39 Å². The normalized spacial score (nSPS) is 10.8. The number of hydrogen-bond donors (Lipinski definition) is 1. The molecule has 20 heavy (non-hydrogen) atoms. The minimum atomic E-state index is -0.177. The van der Waals surface area contributed by atoms with Gasteiger partial charge in [-0.2, -0.15) is 5.10 Å². The zero-order chi connectivity index (χ0) is 14.7. The Morgan fingerprint density at radius 1 is 1.35 bits per heavy atom. The van der Waals surface area contributed by atoms with Crippen LogP contribution in [0.2, 0.25) is 0 Å². The first-order chi connectivity index (χ1) is 9.56. The predicted molar refractivity (Wildman–Crippen MR) is 83.4 cm³/mol. The van der Waals surface area contributed by atoms with Gasteiger partial charge in [0, 0.05) is 12.2 Å². The molecule has 3 nitrogen and oxygen atoms in total. The summed E-state index contributed by atoms with van der Waals surface area (Å²) < 4.78 is 16.3. The van der Waals surface area contributed by atoms with Crippen LogP contribution in [0.1, 0.15) is 30.8 Å². The Morgan fingerprint density at radius 3 is 2.70 bits per heavy atom. The number of rotatable bonds is 5. The average molecular weight is 340 g/mol. The van der Waals surface area contributed by atoms with Gasteiger partial charge < -0.3 is 5.32 Å². The van der Waals surface area contributed by atoms with Crippen LogP contribution in [0.4, 0.5) is 10.1 Å². The molecule has 108 valence electrons. The van der Waals surface area contributed by atoms with E-state index < -0.39 is 0 Å². The van der Waals surface area contributed by atoms with Crippen molar-refractivity contribution in [3.8, 4) is 0 Å². The quantitative estimate of drug-likeness (QED) is 0.880. The first-order valence-corrected chi connectivity index (χ1v) is 7.60. The lowest BCUT2D eigenvalue weighted by Crippen LogP contribution is -2.08. The molecule has 0 unspecified atom stereocenters. The van der Waals surface area contributed by atoms with Crippen molar-refractivity contribution in [1.82, 2.24) is 9.78 Å². The Kier molecular flexibility index (Phi) is 4.81. The summed E-state index contributed by atoms with van der Waals surface area (Å²) >= 11 is 3.62. The number of hydrogen-bond acceptors (Lipinski definition) is 2. The van der Waals surface area contributed by atoms with E-state index in [2.05, 4.69) is 40.2 Å². The van der Waals surface area contributed by atoms with Gasteiger partial charge in [-0.3, -0.25) is 4.68 Å². The maximum Gasteiger partial charge on any atom is 0.126 e. The van der Waals surface area contributed by atoms with Crippen LogP contribution in [-0.2, 0) is 19.5 Å². The van der Waals surface area contributed by atoms with E-state index in [0.29, 0.717) is 12.1 Å². The molecular weight excluding hydrogens is 321 g/mol. The van der Waals surface area contributed by atoms with Crippen LogP contribution in [-0.4, -0.2) is 9.78 Å². The first kappa shape index (κ1) is 15.0. The van der Waals surface area contributed by atoms with E-state index >= 15 is 0 Å². The summed E-state index contributed by atoms with van der Waals surface area (Å²) in [6, 6.07) is 5.06. The van der Waals surface area contributed by atoms with Crippen molar-refractivity contribution in [3.05, 3.63) is 45.4 Å². The lowest BCUT2D eigenvalue weighted by molar-refractivity contribution is 0.616. The summed E-state index contributed by atoms with van der Waals surface area (Å²) in [5, 5.41) is 7.88. The topological polar surface area (TPSA) is 29.9 Å². The molecule has 1 aromatic carbocycles. The van der Waals surface area contributed by atoms with Crippen LogP contribution in [0.5, 0.6) is 0 Å². The second-order valence-electron chi connectivity index (χ2n) is 4.69. The number of anilines is 1. The molecule has 0 bridgehead atoms. The third kappa shape index (κ3) is 3.03. The van der Waals surface area contributed by atoms with Crippen molar-refractivity contribution in [2.24, 2.45) is 0 Å². The van der Waals surface area contributed by atoms with Crippen LogP contribution in [0.25, 0.3) is 0 Å². The van der Waals surface area contributed by atoms with Crippen LogP contribution >= 0.6 is 15.9 Å². The Morgan fingerprint density at radius 2 is 2.10 bits per heavy atom. The smallest absolute Gasteiger partial charge is 0.126 e. The molecule has 0 aliphatic carbocycles. The number of aromatic nitrogens is 2. The van der Waals surface area contributed by atoms with Crippen molar-refractivity contribution in [1.29, 1.82) is 0 Å². The maximum absolute atomic E-state index is 13.2. The highest BCUT2D eigenvalue weighted by atomic mass is 79.9. The number of nitrogens with one attached hydrogen (secondary N) is 1. The fraction of sp³-hybridized carbons (Fsp3) is 0.400. The molecule has 2 rings (SSSR count). The van der Waals surface area contributed by atoms with Crippen LogP contribution in [0.3, 0.4) is 0 Å². The molecule has 0 saturated carbocycles. The van der Waals surface area contributed by atoms with Gasteiger partial charge in [0.15, 0.2) is 0 Å². The van der Waals surface area contributed by atoms with Gasteiger partial charge >= 0.3 is 0 Å². The summed E-state index contributed by atoms with van der Waals surface area (Å²) in [4.78, 5) is 0. The van der Waals surface area contributed by atoms with E-state index in [1.54, 1.807) is 13.0 Å². The lowest BCUT2D eigenvalue weighted by atomic mass is 10.2. The summed E-state index contributed by atoms with van der Waals surface area (Å²) in [6.45, 7) is 7.42. The maximum atomic E-state index is 13.2. The third-order valence-corrected chi connectivity index (χ3v) is 4.23. The average Bonchev–Trinajstić information content (AvgIpc) is 2.76. The van der Waals surface area contributed by atoms with E-state index in [-0.39, 0.29) is 5.82 Å². The molecule has 0 aliphatic rings. The van der Waals surface area contributed by atoms with Gasteiger partial charge in [0.05, 0.1) is 22.4 Å². The molecule has 5 heteroatoms. The number of benzene rings is 1. The van der Waals surface area contributed by atoms with Crippen molar-refractivity contribution >= 4 is 21.6 Å². The summed E-state index contributed by atoms with van der Waals surface area (Å²) in [5.74, 6) is -0.177. The zero-order valence-corrected chi connectivity index (χ0v) is 13.6. The molecule has 0 radical (unpaired) electrons. The second kappa shape index (κ2) is 6.39. The molecule has 0 amide bonds. The van der Waals surface area contributed by atoms with Crippen LogP contribution in [0, 0.1) is 12.7 Å². The van der Waals surface area contributed by atoms with Gasteiger partial charge in [-0.1, -0.05) is 6.92 Å². The van der Waals surface area contributed by atoms with Gasteiger partial charge in [0.2, 0.25) is 0 Å². The Hall–Kier alpha value is -1.36. The van der Waals surface area contributed by atoms with Crippen molar-refractivity contribution in [2.45, 2.75) is 40.3 Å². The molecular formula is C15H19BrFN3. The highest BCUT2D eigenvalue weighted by Gasteiger charge is 2.13. The van der Waals surface area contributed by atoms with Crippen LogP contribution in [0.15, 0.2) is 22.7 Å². The molecule has 0 fully saturated rings. The fourth-order valence-corrected chi connectivity index (χ4v) is 2.83. The van der Waals surface area contributed by atoms with E-state index in [9.17, 15) is 4.39 Å². The van der Waals surface area contributed by atoms with Crippen molar-refractivity contribution in [2.75, 3.05) is 5.32 Å². The van der Waals surface area contributed by atoms with Crippen molar-refractivity contribution in [3.63, 3.8) is 0 Å². The van der Waals surface area contributed by atoms with E-state index in [1.807, 2.05) is 10.7 Å². The zero-order valence-electron chi connectivity index (χ0n) is 12.0. The Balaban J connectivity index is 2.17. The molecule has 0 saturated heterocycles. The molecule has 0 aliphatic heterocycles. The fourth-order valence-electron chi connectivity index (χ4n) is 2.13. The van der Waals surface area contributed by atoms with E-state index in [0.717, 1.165) is 34.5 Å². The summed E-state index contributed by atoms with van der Waals surface area (Å²) in [5.41, 5.74) is 3.75. The van der Waals surface area contributed by atoms with E-state index in [1.165, 1.54) is 6.07 Å². The SMILES string of the molecule is CCc1nn(CC)c(CNc2ccc(F)c(C)c2)c1Br. The molecule has 0 atom stereocenters. The highest BCUT2D eigenvalue weighted by Crippen LogP contribution is 2.23. The summed E-state index contributed by atoms with van der Waals surface area (Å²) in [6.07, 6.45) is 0.899. The molecule has 1 heterocycles. The number of aryl methyl sites for hydroxylation is 3. The van der Waals surface area contributed by atoms with Gasteiger partial charge in [-0.05, 0) is 60.0 Å². The Bertz CT molecular complexity index is 607. The molecule has 1 aromatic heterocycles. The largest absolute Gasteiger partial charge is 0.379 e. The minimum Gasteiger partial charge on any atom is -0.379 e. The first-order valence-electron chi connectivity index (χ1n) is 6.80. The Labute approximate surface area is 127 Å². The number of halogens is 2. The lowest BCUT2D eigenvalue weighted by Gasteiger charge is -2.09.